The first-order chi connectivity index (χ1) is 9.60. The molecule has 1 amide bonds. The van der Waals surface area contributed by atoms with Crippen molar-refractivity contribution in [3.8, 4) is 5.75 Å². The number of ether oxygens (including phenoxy) is 1. The largest absolute Gasteiger partial charge is 0.505 e. The number of nitrogens with zero attached hydrogens (tertiary/aromatic N) is 1. The van der Waals surface area contributed by atoms with E-state index in [1.165, 1.54) is 28.8 Å². The summed E-state index contributed by atoms with van der Waals surface area (Å²) in [6.07, 6.45) is -0.378. The quantitative estimate of drug-likeness (QED) is 0.859. The van der Waals surface area contributed by atoms with Gasteiger partial charge in [0, 0.05) is 24.2 Å². The van der Waals surface area contributed by atoms with Crippen LogP contribution in [-0.2, 0) is 4.74 Å². The highest BCUT2D eigenvalue weighted by Gasteiger charge is 2.19. The van der Waals surface area contributed by atoms with Gasteiger partial charge in [-0.25, -0.2) is 9.18 Å². The SMILES string of the molecule is Cc1cc(O)c(F)cc1SCCN(C)C(=O)OC(C)(C)C. The Labute approximate surface area is 129 Å². The first kappa shape index (κ1) is 17.6. The summed E-state index contributed by atoms with van der Waals surface area (Å²) in [6.45, 7) is 7.74. The Kier molecular flexibility index (Phi) is 5.89. The van der Waals surface area contributed by atoms with Crippen molar-refractivity contribution < 1.29 is 19.0 Å². The number of benzene rings is 1. The van der Waals surface area contributed by atoms with E-state index in [4.69, 9.17) is 4.74 Å². The summed E-state index contributed by atoms with van der Waals surface area (Å²) in [7, 11) is 1.67. The van der Waals surface area contributed by atoms with E-state index in [0.29, 0.717) is 12.3 Å². The summed E-state index contributed by atoms with van der Waals surface area (Å²) in [5, 5.41) is 9.27. The summed E-state index contributed by atoms with van der Waals surface area (Å²) in [6, 6.07) is 2.71. The lowest BCUT2D eigenvalue weighted by Crippen LogP contribution is -2.35. The number of thioether (sulfide) groups is 1. The summed E-state index contributed by atoms with van der Waals surface area (Å²) in [5.74, 6) is -0.368. The third-order valence-corrected chi connectivity index (χ3v) is 3.77. The lowest BCUT2D eigenvalue weighted by molar-refractivity contribution is 0.0309. The van der Waals surface area contributed by atoms with Crippen LogP contribution in [-0.4, -0.2) is 41.0 Å². The van der Waals surface area contributed by atoms with Crippen molar-refractivity contribution >= 4 is 17.9 Å². The number of amides is 1. The van der Waals surface area contributed by atoms with Crippen molar-refractivity contribution in [1.29, 1.82) is 0 Å². The van der Waals surface area contributed by atoms with Gasteiger partial charge in [0.15, 0.2) is 11.6 Å². The average molecular weight is 315 g/mol. The van der Waals surface area contributed by atoms with Crippen molar-refractivity contribution in [1.82, 2.24) is 4.90 Å². The van der Waals surface area contributed by atoms with Gasteiger partial charge in [0.25, 0.3) is 0 Å². The minimum atomic E-state index is -0.636. The van der Waals surface area contributed by atoms with Crippen LogP contribution >= 0.6 is 11.8 Å². The number of hydrogen-bond acceptors (Lipinski definition) is 4. The van der Waals surface area contributed by atoms with Gasteiger partial charge in [0.05, 0.1) is 0 Å². The molecule has 1 aromatic rings. The maximum atomic E-state index is 13.3. The molecule has 0 aliphatic rings. The number of carbonyl (C=O) groups is 1. The van der Waals surface area contributed by atoms with E-state index in [1.807, 2.05) is 20.8 Å². The third kappa shape index (κ3) is 5.83. The molecule has 4 nitrogen and oxygen atoms in total. The Bertz CT molecular complexity index is 514. The second-order valence-corrected chi connectivity index (χ2v) is 6.96. The zero-order valence-electron chi connectivity index (χ0n) is 13.1. The topological polar surface area (TPSA) is 49.8 Å². The number of halogens is 1. The fourth-order valence-corrected chi connectivity index (χ4v) is 2.59. The Morgan fingerprint density at radius 2 is 2.05 bits per heavy atom. The summed E-state index contributed by atoms with van der Waals surface area (Å²) in [5.41, 5.74) is 0.286. The van der Waals surface area contributed by atoms with E-state index >= 15 is 0 Å². The first-order valence-electron chi connectivity index (χ1n) is 6.66. The normalized spacial score (nSPS) is 11.3. The van der Waals surface area contributed by atoms with Crippen molar-refractivity contribution in [2.75, 3.05) is 19.3 Å². The van der Waals surface area contributed by atoms with Gasteiger partial charge in [0.2, 0.25) is 0 Å². The smallest absolute Gasteiger partial charge is 0.410 e. The van der Waals surface area contributed by atoms with Crippen LogP contribution in [0.2, 0.25) is 0 Å². The number of aryl methyl sites for hydroxylation is 1. The van der Waals surface area contributed by atoms with Gasteiger partial charge in [-0.1, -0.05) is 0 Å². The first-order valence-corrected chi connectivity index (χ1v) is 7.65. The Morgan fingerprint density at radius 1 is 1.43 bits per heavy atom. The lowest BCUT2D eigenvalue weighted by atomic mass is 10.2. The molecule has 0 aromatic heterocycles. The van der Waals surface area contributed by atoms with Crippen LogP contribution < -0.4 is 0 Å². The maximum absolute atomic E-state index is 13.3. The van der Waals surface area contributed by atoms with Crippen LogP contribution in [0.5, 0.6) is 5.75 Å². The molecule has 0 bridgehead atoms. The molecule has 1 N–H and O–H groups in total. The molecule has 0 aliphatic heterocycles. The standard InChI is InChI=1S/C15H22FNO3S/c1-10-8-12(18)11(16)9-13(10)21-7-6-17(5)14(19)20-15(2,3)4/h8-9,18H,6-7H2,1-5H3. The number of carbonyl (C=O) groups excluding carboxylic acids is 1. The number of phenols is 1. The summed E-state index contributed by atoms with van der Waals surface area (Å²) < 4.78 is 18.6. The van der Waals surface area contributed by atoms with Crippen LogP contribution in [0, 0.1) is 12.7 Å². The molecule has 21 heavy (non-hydrogen) atoms. The molecule has 0 atom stereocenters. The molecule has 0 fully saturated rings. The third-order valence-electron chi connectivity index (χ3n) is 2.63. The number of rotatable bonds is 4. The fourth-order valence-electron chi connectivity index (χ4n) is 1.53. The van der Waals surface area contributed by atoms with Crippen LogP contribution in [0.3, 0.4) is 0 Å². The van der Waals surface area contributed by atoms with Gasteiger partial charge in [-0.2, -0.15) is 0 Å². The minimum Gasteiger partial charge on any atom is -0.505 e. The second kappa shape index (κ2) is 7.02. The number of aromatic hydroxyl groups is 1. The fraction of sp³-hybridized carbons (Fsp3) is 0.533. The van der Waals surface area contributed by atoms with E-state index in [0.717, 1.165) is 10.5 Å². The molecule has 0 saturated carbocycles. The Hall–Kier alpha value is -1.43. The monoisotopic (exact) mass is 315 g/mol. The van der Waals surface area contributed by atoms with Crippen LogP contribution in [0.1, 0.15) is 26.3 Å². The van der Waals surface area contributed by atoms with Crippen molar-refractivity contribution in [2.45, 2.75) is 38.2 Å². The van der Waals surface area contributed by atoms with Gasteiger partial charge >= 0.3 is 6.09 Å². The van der Waals surface area contributed by atoms with Gasteiger partial charge < -0.3 is 14.7 Å². The molecule has 6 heteroatoms. The minimum absolute atomic E-state index is 0.345. The predicted molar refractivity (Wildman–Crippen MR) is 82.4 cm³/mol. The molecule has 0 unspecified atom stereocenters. The summed E-state index contributed by atoms with van der Waals surface area (Å²) >= 11 is 1.43. The van der Waals surface area contributed by atoms with Gasteiger partial charge in [-0.3, -0.25) is 0 Å². The molecule has 118 valence electrons. The second-order valence-electron chi connectivity index (χ2n) is 5.82. The highest BCUT2D eigenvalue weighted by Crippen LogP contribution is 2.28. The molecule has 0 spiro atoms. The zero-order chi connectivity index (χ0) is 16.2. The van der Waals surface area contributed by atoms with Crippen LogP contribution in [0.25, 0.3) is 0 Å². The van der Waals surface area contributed by atoms with Crippen LogP contribution in [0.15, 0.2) is 17.0 Å². The molecule has 0 aliphatic carbocycles. The number of hydrogen-bond donors (Lipinski definition) is 1. The molecule has 0 radical (unpaired) electrons. The van der Waals surface area contributed by atoms with Gasteiger partial charge in [0.1, 0.15) is 5.60 Å². The lowest BCUT2D eigenvalue weighted by Gasteiger charge is -2.24. The van der Waals surface area contributed by atoms with Crippen LogP contribution in [0.4, 0.5) is 9.18 Å². The predicted octanol–water partition coefficient (Wildman–Crippen LogP) is 3.80. The van der Waals surface area contributed by atoms with E-state index in [9.17, 15) is 14.3 Å². The highest BCUT2D eigenvalue weighted by atomic mass is 32.2. The number of phenolic OH excluding ortho intramolecular Hbond substituents is 1. The Morgan fingerprint density at radius 3 is 2.62 bits per heavy atom. The molecular formula is C15H22FNO3S. The van der Waals surface area contributed by atoms with E-state index < -0.39 is 11.4 Å². The van der Waals surface area contributed by atoms with Gasteiger partial charge in [-0.15, -0.1) is 11.8 Å². The molecule has 0 heterocycles. The van der Waals surface area contributed by atoms with Crippen molar-refractivity contribution in [2.24, 2.45) is 0 Å². The zero-order valence-corrected chi connectivity index (χ0v) is 13.9. The molecular weight excluding hydrogens is 293 g/mol. The Balaban J connectivity index is 2.50. The van der Waals surface area contributed by atoms with Gasteiger partial charge in [-0.05, 0) is 45.4 Å². The van der Waals surface area contributed by atoms with E-state index in [-0.39, 0.29) is 11.8 Å². The maximum Gasteiger partial charge on any atom is 0.410 e. The van der Waals surface area contributed by atoms with E-state index in [1.54, 1.807) is 14.0 Å². The highest BCUT2D eigenvalue weighted by molar-refractivity contribution is 7.99. The molecule has 1 rings (SSSR count). The van der Waals surface area contributed by atoms with Crippen molar-refractivity contribution in [3.05, 3.63) is 23.5 Å². The molecule has 1 aromatic carbocycles. The van der Waals surface area contributed by atoms with Crippen molar-refractivity contribution in [3.63, 3.8) is 0 Å². The molecule has 0 saturated heterocycles. The average Bonchev–Trinajstić information content (AvgIpc) is 2.33. The van der Waals surface area contributed by atoms with E-state index in [2.05, 4.69) is 0 Å². The summed E-state index contributed by atoms with van der Waals surface area (Å²) in [4.78, 5) is 14.0.